The maximum absolute atomic E-state index is 12.8. The van der Waals surface area contributed by atoms with E-state index in [1.54, 1.807) is 19.5 Å². The topological polar surface area (TPSA) is 68.2 Å². The second kappa shape index (κ2) is 9.48. The second-order valence-corrected chi connectivity index (χ2v) is 7.63. The van der Waals surface area contributed by atoms with Crippen LogP contribution in [0.4, 0.5) is 0 Å². The fourth-order valence-corrected chi connectivity index (χ4v) is 3.91. The lowest BCUT2D eigenvalue weighted by Gasteiger charge is -2.32. The fourth-order valence-electron chi connectivity index (χ4n) is 3.91. The van der Waals surface area contributed by atoms with Crippen LogP contribution in [0.2, 0.25) is 0 Å². The van der Waals surface area contributed by atoms with Gasteiger partial charge in [-0.2, -0.15) is 0 Å². The number of aromatic nitrogens is 3. The molecule has 1 atom stereocenters. The van der Waals surface area contributed by atoms with E-state index in [2.05, 4.69) is 27.1 Å². The van der Waals surface area contributed by atoms with Crippen molar-refractivity contribution in [2.75, 3.05) is 20.2 Å². The zero-order chi connectivity index (χ0) is 20.8. The van der Waals surface area contributed by atoms with E-state index in [1.807, 2.05) is 35.4 Å². The number of aryl methyl sites for hydroxylation is 1. The van der Waals surface area contributed by atoms with Crippen LogP contribution in [0.15, 0.2) is 61.3 Å². The van der Waals surface area contributed by atoms with Crippen LogP contribution in [-0.2, 0) is 11.2 Å². The normalized spacial score (nSPS) is 16.3. The summed E-state index contributed by atoms with van der Waals surface area (Å²) in [6.45, 7) is 1.57. The van der Waals surface area contributed by atoms with Gasteiger partial charge < -0.3 is 9.64 Å². The molecule has 1 aliphatic rings. The molecule has 6 nitrogen and oxygen atoms in total. The largest absolute Gasteiger partial charge is 0.497 e. The highest BCUT2D eigenvalue weighted by Crippen LogP contribution is 2.27. The molecule has 4 rings (SSSR count). The quantitative estimate of drug-likeness (QED) is 0.626. The number of amides is 1. The van der Waals surface area contributed by atoms with Crippen molar-refractivity contribution in [2.24, 2.45) is 0 Å². The van der Waals surface area contributed by atoms with Gasteiger partial charge in [0.05, 0.1) is 7.11 Å². The van der Waals surface area contributed by atoms with E-state index in [-0.39, 0.29) is 11.8 Å². The molecule has 1 amide bonds. The Labute approximate surface area is 177 Å². The fraction of sp³-hybridized carbons (Fsp3) is 0.333. The summed E-state index contributed by atoms with van der Waals surface area (Å²) in [6, 6.07) is 12.0. The molecule has 0 spiro atoms. The van der Waals surface area contributed by atoms with E-state index >= 15 is 0 Å². The number of piperidine rings is 1. The Morgan fingerprint density at radius 3 is 2.57 bits per heavy atom. The van der Waals surface area contributed by atoms with E-state index in [0.717, 1.165) is 60.5 Å². The molecule has 2 aromatic heterocycles. The van der Waals surface area contributed by atoms with Crippen LogP contribution in [-0.4, -0.2) is 46.0 Å². The number of likely N-dealkylation sites (tertiary alicyclic amines) is 1. The minimum absolute atomic E-state index is 0.216. The Bertz CT molecular complexity index is 959. The van der Waals surface area contributed by atoms with Gasteiger partial charge in [-0.05, 0) is 43.0 Å². The lowest BCUT2D eigenvalue weighted by Crippen LogP contribution is -2.39. The van der Waals surface area contributed by atoms with E-state index < -0.39 is 0 Å². The molecular formula is C24H26N4O2. The molecule has 0 aliphatic carbocycles. The lowest BCUT2D eigenvalue weighted by atomic mass is 9.93. The summed E-state index contributed by atoms with van der Waals surface area (Å²) >= 11 is 0. The van der Waals surface area contributed by atoms with Gasteiger partial charge in [0.2, 0.25) is 5.91 Å². The number of ether oxygens (including phenoxy) is 1. The molecule has 154 valence electrons. The van der Waals surface area contributed by atoms with Gasteiger partial charge in [0.25, 0.3) is 0 Å². The SMILES string of the molecule is COc1ccc(CCC(=O)N2CCC[C@@H](c3ccc(-c4cncnc4)cn3)C2)cc1. The molecule has 1 saturated heterocycles. The minimum Gasteiger partial charge on any atom is -0.497 e. The number of carbonyl (C=O) groups excluding carboxylic acids is 1. The van der Waals surface area contributed by atoms with Gasteiger partial charge >= 0.3 is 0 Å². The first kappa shape index (κ1) is 20.0. The van der Waals surface area contributed by atoms with E-state index in [0.29, 0.717) is 6.42 Å². The van der Waals surface area contributed by atoms with E-state index in [4.69, 9.17) is 4.74 Å². The van der Waals surface area contributed by atoms with Crippen LogP contribution >= 0.6 is 0 Å². The Hall–Kier alpha value is -3.28. The summed E-state index contributed by atoms with van der Waals surface area (Å²) in [5.41, 5.74) is 4.15. The third kappa shape index (κ3) is 4.82. The zero-order valence-electron chi connectivity index (χ0n) is 17.2. The second-order valence-electron chi connectivity index (χ2n) is 7.63. The van der Waals surface area contributed by atoms with Gasteiger partial charge in [-0.1, -0.05) is 18.2 Å². The smallest absolute Gasteiger partial charge is 0.222 e. The zero-order valence-corrected chi connectivity index (χ0v) is 17.2. The Morgan fingerprint density at radius 1 is 1.07 bits per heavy atom. The number of methoxy groups -OCH3 is 1. The maximum atomic E-state index is 12.8. The molecule has 1 aliphatic heterocycles. The molecule has 3 aromatic rings. The Kier molecular flexibility index (Phi) is 6.32. The molecule has 1 fully saturated rings. The highest BCUT2D eigenvalue weighted by atomic mass is 16.5. The van der Waals surface area contributed by atoms with Crippen molar-refractivity contribution in [2.45, 2.75) is 31.6 Å². The van der Waals surface area contributed by atoms with Crippen LogP contribution in [0.5, 0.6) is 5.75 Å². The average molecular weight is 402 g/mol. The van der Waals surface area contributed by atoms with Crippen molar-refractivity contribution in [3.8, 4) is 16.9 Å². The molecule has 0 saturated carbocycles. The lowest BCUT2D eigenvalue weighted by molar-refractivity contribution is -0.132. The number of benzene rings is 1. The van der Waals surface area contributed by atoms with Gasteiger partial charge in [-0.25, -0.2) is 9.97 Å². The number of carbonyl (C=O) groups is 1. The van der Waals surface area contributed by atoms with Gasteiger partial charge in [-0.3, -0.25) is 9.78 Å². The molecule has 6 heteroatoms. The number of hydrogen-bond acceptors (Lipinski definition) is 5. The molecule has 3 heterocycles. The van der Waals surface area contributed by atoms with Crippen molar-refractivity contribution in [1.29, 1.82) is 0 Å². The number of hydrogen-bond donors (Lipinski definition) is 0. The average Bonchev–Trinajstić information content (AvgIpc) is 2.83. The van der Waals surface area contributed by atoms with Gasteiger partial charge in [0.1, 0.15) is 12.1 Å². The van der Waals surface area contributed by atoms with Gasteiger partial charge in [0.15, 0.2) is 0 Å². The van der Waals surface area contributed by atoms with Crippen molar-refractivity contribution in [3.05, 3.63) is 72.6 Å². The summed E-state index contributed by atoms with van der Waals surface area (Å²) in [7, 11) is 1.66. The van der Waals surface area contributed by atoms with Crippen LogP contribution in [0, 0.1) is 0 Å². The van der Waals surface area contributed by atoms with Crippen LogP contribution in [0.25, 0.3) is 11.1 Å². The third-order valence-corrected chi connectivity index (χ3v) is 5.66. The summed E-state index contributed by atoms with van der Waals surface area (Å²) in [6.07, 6.45) is 10.3. The van der Waals surface area contributed by atoms with Crippen molar-refractivity contribution >= 4 is 5.91 Å². The van der Waals surface area contributed by atoms with Gasteiger partial charge in [0, 0.05) is 60.8 Å². The number of rotatable bonds is 6. The van der Waals surface area contributed by atoms with E-state index in [1.165, 1.54) is 6.33 Å². The molecule has 0 radical (unpaired) electrons. The summed E-state index contributed by atoms with van der Waals surface area (Å²) in [4.78, 5) is 27.6. The summed E-state index contributed by atoms with van der Waals surface area (Å²) < 4.78 is 5.19. The predicted molar refractivity (Wildman–Crippen MR) is 115 cm³/mol. The Morgan fingerprint density at radius 2 is 1.87 bits per heavy atom. The van der Waals surface area contributed by atoms with Crippen LogP contribution < -0.4 is 4.74 Å². The molecule has 0 unspecified atom stereocenters. The van der Waals surface area contributed by atoms with Gasteiger partial charge in [-0.15, -0.1) is 0 Å². The van der Waals surface area contributed by atoms with Crippen molar-refractivity contribution in [1.82, 2.24) is 19.9 Å². The maximum Gasteiger partial charge on any atom is 0.222 e. The minimum atomic E-state index is 0.216. The highest BCUT2D eigenvalue weighted by molar-refractivity contribution is 5.76. The molecule has 0 N–H and O–H groups in total. The molecular weight excluding hydrogens is 376 g/mol. The van der Waals surface area contributed by atoms with E-state index in [9.17, 15) is 4.79 Å². The van der Waals surface area contributed by atoms with Crippen molar-refractivity contribution < 1.29 is 9.53 Å². The number of pyridine rings is 1. The molecule has 0 bridgehead atoms. The summed E-state index contributed by atoms with van der Waals surface area (Å²) in [5.74, 6) is 1.33. The highest BCUT2D eigenvalue weighted by Gasteiger charge is 2.25. The first-order valence-electron chi connectivity index (χ1n) is 10.3. The monoisotopic (exact) mass is 402 g/mol. The first-order valence-corrected chi connectivity index (χ1v) is 10.3. The number of nitrogens with zero attached hydrogens (tertiary/aromatic N) is 4. The molecule has 30 heavy (non-hydrogen) atoms. The van der Waals surface area contributed by atoms with Crippen molar-refractivity contribution in [3.63, 3.8) is 0 Å². The summed E-state index contributed by atoms with van der Waals surface area (Å²) in [5, 5.41) is 0. The predicted octanol–water partition coefficient (Wildman–Crippen LogP) is 3.89. The Balaban J connectivity index is 1.34. The first-order chi connectivity index (χ1) is 14.7. The standard InChI is InChI=1S/C24H26N4O2/c1-30-22-8-4-18(5-9-22)6-11-24(29)28-12-2-3-20(16-28)23-10-7-19(15-27-23)21-13-25-17-26-14-21/h4-5,7-10,13-15,17,20H,2-3,6,11-12,16H2,1H3/t20-/m1/s1. The molecule has 1 aromatic carbocycles. The van der Waals surface area contributed by atoms with Crippen LogP contribution in [0.3, 0.4) is 0 Å². The van der Waals surface area contributed by atoms with Crippen LogP contribution in [0.1, 0.15) is 36.4 Å². The third-order valence-electron chi connectivity index (χ3n) is 5.66.